The Balaban J connectivity index is 1.37. The minimum Gasteiger partial charge on any atom is -0.489 e. The van der Waals surface area contributed by atoms with E-state index in [1.165, 1.54) is 6.20 Å². The average molecular weight is 395 g/mol. The molecule has 0 bridgehead atoms. The average Bonchev–Trinajstić information content (AvgIpc) is 3.51. The lowest BCUT2D eigenvalue weighted by atomic mass is 10.1. The SMILES string of the molecule is CN1CCN2c3ccc(Nc4ncc(C(N)=O)c(NC5CC5)n4)cc3OC[C@H]2C1. The summed E-state index contributed by atoms with van der Waals surface area (Å²) in [5, 5.41) is 6.46. The van der Waals surface area contributed by atoms with Gasteiger partial charge in [-0.2, -0.15) is 4.98 Å². The Kier molecular flexibility index (Phi) is 4.39. The second-order valence-electron chi connectivity index (χ2n) is 7.97. The number of amides is 1. The van der Waals surface area contributed by atoms with Gasteiger partial charge in [0.2, 0.25) is 5.95 Å². The van der Waals surface area contributed by atoms with Gasteiger partial charge in [-0.25, -0.2) is 4.98 Å². The summed E-state index contributed by atoms with van der Waals surface area (Å²) in [4.78, 5) is 25.1. The number of likely N-dealkylation sites (N-methyl/N-ethyl adjacent to an activating group) is 1. The van der Waals surface area contributed by atoms with Crippen LogP contribution in [-0.4, -0.2) is 66.1 Å². The highest BCUT2D eigenvalue weighted by molar-refractivity contribution is 5.97. The maximum absolute atomic E-state index is 11.6. The lowest BCUT2D eigenvalue weighted by Gasteiger charge is -2.44. The second-order valence-corrected chi connectivity index (χ2v) is 7.97. The number of primary amides is 1. The Morgan fingerprint density at radius 2 is 2.17 bits per heavy atom. The number of piperazine rings is 1. The van der Waals surface area contributed by atoms with Gasteiger partial charge in [-0.05, 0) is 32.0 Å². The number of hydrogen-bond acceptors (Lipinski definition) is 8. The number of carbonyl (C=O) groups excluding carboxylic acids is 1. The molecule has 1 aliphatic carbocycles. The van der Waals surface area contributed by atoms with E-state index in [1.807, 2.05) is 12.1 Å². The Morgan fingerprint density at radius 3 is 2.97 bits per heavy atom. The smallest absolute Gasteiger partial charge is 0.254 e. The van der Waals surface area contributed by atoms with Gasteiger partial charge in [0.25, 0.3) is 5.91 Å². The summed E-state index contributed by atoms with van der Waals surface area (Å²) < 4.78 is 6.03. The summed E-state index contributed by atoms with van der Waals surface area (Å²) in [5.41, 5.74) is 7.71. The van der Waals surface area contributed by atoms with E-state index in [9.17, 15) is 4.79 Å². The molecule has 2 fully saturated rings. The minimum absolute atomic E-state index is 0.303. The van der Waals surface area contributed by atoms with Crippen LogP contribution in [0.1, 0.15) is 23.2 Å². The molecule has 0 unspecified atom stereocenters. The van der Waals surface area contributed by atoms with Crippen LogP contribution >= 0.6 is 0 Å². The predicted octanol–water partition coefficient (Wildman–Crippen LogP) is 1.41. The molecular formula is C20H25N7O2. The summed E-state index contributed by atoms with van der Waals surface area (Å²) in [7, 11) is 2.15. The molecule has 152 valence electrons. The number of nitrogens with two attached hydrogens (primary N) is 1. The van der Waals surface area contributed by atoms with Gasteiger partial charge < -0.3 is 30.9 Å². The number of benzene rings is 1. The molecule has 3 heterocycles. The zero-order chi connectivity index (χ0) is 20.0. The fraction of sp³-hybridized carbons (Fsp3) is 0.450. The lowest BCUT2D eigenvalue weighted by Crippen LogP contribution is -2.56. The van der Waals surface area contributed by atoms with Gasteiger partial charge >= 0.3 is 0 Å². The summed E-state index contributed by atoms with van der Waals surface area (Å²) in [6.45, 7) is 3.74. The van der Waals surface area contributed by atoms with Gasteiger partial charge in [-0.1, -0.05) is 0 Å². The van der Waals surface area contributed by atoms with E-state index >= 15 is 0 Å². The van der Waals surface area contributed by atoms with E-state index in [2.05, 4.69) is 43.5 Å². The second kappa shape index (κ2) is 7.07. The van der Waals surface area contributed by atoms with Gasteiger partial charge in [-0.3, -0.25) is 4.79 Å². The van der Waals surface area contributed by atoms with Crippen molar-refractivity contribution in [3.63, 3.8) is 0 Å². The van der Waals surface area contributed by atoms with Crippen molar-refractivity contribution in [2.24, 2.45) is 5.73 Å². The van der Waals surface area contributed by atoms with E-state index in [0.717, 1.165) is 49.6 Å². The predicted molar refractivity (Wildman–Crippen MR) is 111 cm³/mol. The summed E-state index contributed by atoms with van der Waals surface area (Å²) in [5.74, 6) is 1.21. The molecule has 1 aromatic carbocycles. The Labute approximate surface area is 169 Å². The first-order chi connectivity index (χ1) is 14.1. The third-order valence-electron chi connectivity index (χ3n) is 5.61. The van der Waals surface area contributed by atoms with Crippen molar-refractivity contribution in [3.05, 3.63) is 30.0 Å². The zero-order valence-electron chi connectivity index (χ0n) is 16.4. The molecule has 1 saturated carbocycles. The number of hydrogen-bond donors (Lipinski definition) is 3. The topological polar surface area (TPSA) is 109 Å². The first kappa shape index (κ1) is 18.0. The van der Waals surface area contributed by atoms with E-state index < -0.39 is 5.91 Å². The summed E-state index contributed by atoms with van der Waals surface area (Å²) in [6, 6.07) is 6.80. The number of ether oxygens (including phenoxy) is 1. The Morgan fingerprint density at radius 1 is 1.31 bits per heavy atom. The van der Waals surface area contributed by atoms with Crippen LogP contribution in [0.3, 0.4) is 0 Å². The highest BCUT2D eigenvalue weighted by atomic mass is 16.5. The summed E-state index contributed by atoms with van der Waals surface area (Å²) in [6.07, 6.45) is 3.60. The van der Waals surface area contributed by atoms with Crippen LogP contribution in [0.4, 0.5) is 23.1 Å². The summed E-state index contributed by atoms with van der Waals surface area (Å²) >= 11 is 0. The number of nitrogens with one attached hydrogen (secondary N) is 2. The van der Waals surface area contributed by atoms with Gasteiger partial charge in [0.1, 0.15) is 18.2 Å². The molecule has 2 aliphatic heterocycles. The third-order valence-corrected chi connectivity index (χ3v) is 5.61. The van der Waals surface area contributed by atoms with Crippen molar-refractivity contribution in [2.75, 3.05) is 48.8 Å². The quantitative estimate of drug-likeness (QED) is 0.697. The molecule has 1 atom stereocenters. The number of aromatic nitrogens is 2. The van der Waals surface area contributed by atoms with Crippen LogP contribution in [0.15, 0.2) is 24.4 Å². The highest BCUT2D eigenvalue weighted by Crippen LogP contribution is 2.37. The largest absolute Gasteiger partial charge is 0.489 e. The number of rotatable bonds is 5. The maximum atomic E-state index is 11.6. The monoisotopic (exact) mass is 395 g/mol. The zero-order valence-corrected chi connectivity index (χ0v) is 16.4. The van der Waals surface area contributed by atoms with E-state index in [1.54, 1.807) is 0 Å². The van der Waals surface area contributed by atoms with Gasteiger partial charge in [0.05, 0.1) is 17.3 Å². The minimum atomic E-state index is -0.538. The van der Waals surface area contributed by atoms with Crippen LogP contribution in [-0.2, 0) is 0 Å². The molecule has 4 N–H and O–H groups in total. The van der Waals surface area contributed by atoms with Gasteiger partial charge in [0.15, 0.2) is 0 Å². The van der Waals surface area contributed by atoms with Crippen LogP contribution in [0.5, 0.6) is 5.75 Å². The van der Waals surface area contributed by atoms with Crippen molar-refractivity contribution in [2.45, 2.75) is 24.9 Å². The number of carbonyl (C=O) groups is 1. The molecule has 0 spiro atoms. The molecule has 2 aromatic rings. The molecule has 9 heteroatoms. The molecule has 1 saturated heterocycles. The normalized spacial score (nSPS) is 21.0. The molecular weight excluding hydrogens is 370 g/mol. The Bertz CT molecular complexity index is 946. The van der Waals surface area contributed by atoms with Gasteiger partial charge in [-0.15, -0.1) is 0 Å². The molecule has 0 radical (unpaired) electrons. The first-order valence-corrected chi connectivity index (χ1v) is 9.99. The van der Waals surface area contributed by atoms with Crippen molar-refractivity contribution < 1.29 is 9.53 Å². The highest BCUT2D eigenvalue weighted by Gasteiger charge is 2.31. The van der Waals surface area contributed by atoms with Crippen molar-refractivity contribution in [1.29, 1.82) is 0 Å². The third kappa shape index (κ3) is 3.65. The fourth-order valence-electron chi connectivity index (χ4n) is 3.88. The fourth-order valence-corrected chi connectivity index (χ4v) is 3.88. The number of fused-ring (bicyclic) bond motifs is 3. The van der Waals surface area contributed by atoms with Crippen LogP contribution in [0.25, 0.3) is 0 Å². The van der Waals surface area contributed by atoms with Crippen molar-refractivity contribution in [3.8, 4) is 5.75 Å². The van der Waals surface area contributed by atoms with Crippen LogP contribution in [0, 0.1) is 0 Å². The molecule has 3 aliphatic rings. The maximum Gasteiger partial charge on any atom is 0.254 e. The first-order valence-electron chi connectivity index (χ1n) is 9.99. The van der Waals surface area contributed by atoms with Gasteiger partial charge in [0, 0.05) is 43.6 Å². The van der Waals surface area contributed by atoms with Crippen molar-refractivity contribution >= 4 is 29.0 Å². The van der Waals surface area contributed by atoms with E-state index in [4.69, 9.17) is 10.5 Å². The van der Waals surface area contributed by atoms with Crippen molar-refractivity contribution in [1.82, 2.24) is 14.9 Å². The lowest BCUT2D eigenvalue weighted by molar-refractivity contribution is 0.100. The molecule has 9 nitrogen and oxygen atoms in total. The number of nitrogens with zero attached hydrogens (tertiary/aromatic N) is 4. The van der Waals surface area contributed by atoms with E-state index in [-0.39, 0.29) is 0 Å². The molecule has 29 heavy (non-hydrogen) atoms. The van der Waals surface area contributed by atoms with E-state index in [0.29, 0.717) is 36.0 Å². The molecule has 1 aromatic heterocycles. The standard InChI is InChI=1S/C20H25N7O2/c1-26-6-7-27-14(10-26)11-29-17-8-13(4-5-16(17)27)24-20-22-9-15(18(21)28)19(25-20)23-12-2-3-12/h4-5,8-9,12,14H,2-3,6-7,10-11H2,1H3,(H2,21,28)(H2,22,23,24,25)/t14-/m1/s1. The number of anilines is 4. The van der Waals surface area contributed by atoms with Crippen LogP contribution in [0.2, 0.25) is 0 Å². The Hall–Kier alpha value is -3.07. The molecule has 1 amide bonds. The van der Waals surface area contributed by atoms with Crippen LogP contribution < -0.4 is 26.0 Å². The molecule has 5 rings (SSSR count).